The predicted molar refractivity (Wildman–Crippen MR) is 83.5 cm³/mol. The second-order valence-electron chi connectivity index (χ2n) is 5.00. The fourth-order valence-electron chi connectivity index (χ4n) is 2.57. The molecule has 0 saturated carbocycles. The Bertz CT molecular complexity index is 836. The molecule has 3 rings (SSSR count). The molecular weight excluding hydrogens is 280 g/mol. The third-order valence-electron chi connectivity index (χ3n) is 3.59. The van der Waals surface area contributed by atoms with Crippen LogP contribution in [0.2, 0.25) is 0 Å². The van der Waals surface area contributed by atoms with Gasteiger partial charge in [-0.05, 0) is 26.3 Å². The minimum Gasteiger partial charge on any atom is -0.330 e. The quantitative estimate of drug-likeness (QED) is 0.754. The Morgan fingerprint density at radius 1 is 1.23 bits per heavy atom. The van der Waals surface area contributed by atoms with Gasteiger partial charge in [0.1, 0.15) is 17.0 Å². The monoisotopic (exact) mass is 298 g/mol. The van der Waals surface area contributed by atoms with Crippen LogP contribution in [0.1, 0.15) is 19.0 Å². The number of rotatable bonds is 5. The second-order valence-corrected chi connectivity index (χ2v) is 5.00. The largest absolute Gasteiger partial charge is 0.330 e. The predicted octanol–water partition coefficient (Wildman–Crippen LogP) is 0.864. The summed E-state index contributed by atoms with van der Waals surface area (Å²) in [6.07, 6.45) is 6.48. The Morgan fingerprint density at radius 3 is 2.77 bits per heavy atom. The van der Waals surface area contributed by atoms with E-state index in [1.807, 2.05) is 13.0 Å². The van der Waals surface area contributed by atoms with Crippen LogP contribution in [0, 0.1) is 0 Å². The fourth-order valence-corrected chi connectivity index (χ4v) is 2.57. The Balaban J connectivity index is 2.18. The van der Waals surface area contributed by atoms with Gasteiger partial charge in [0.25, 0.3) is 5.56 Å². The summed E-state index contributed by atoms with van der Waals surface area (Å²) in [5, 5.41) is 4.37. The summed E-state index contributed by atoms with van der Waals surface area (Å²) < 4.78 is 3.50. The molecule has 114 valence electrons. The molecule has 0 aromatic carbocycles. The molecule has 0 fully saturated rings. The molecule has 0 bridgehead atoms. The summed E-state index contributed by atoms with van der Waals surface area (Å²) >= 11 is 0. The molecule has 3 aromatic heterocycles. The first-order chi connectivity index (χ1) is 10.7. The topological polar surface area (TPSA) is 91.1 Å². The number of hydrogen-bond acceptors (Lipinski definition) is 5. The molecule has 7 nitrogen and oxygen atoms in total. The third kappa shape index (κ3) is 2.50. The maximum atomic E-state index is 12.3. The SMILES string of the molecule is CCn1c(CCCN)cc(=O)n2nc(-c3cnccn3)cc12. The van der Waals surface area contributed by atoms with Crippen molar-refractivity contribution < 1.29 is 0 Å². The molecule has 3 aromatic rings. The van der Waals surface area contributed by atoms with Crippen molar-refractivity contribution in [3.05, 3.63) is 46.8 Å². The molecular formula is C15H18N6O. The molecule has 3 heterocycles. The van der Waals surface area contributed by atoms with Crippen LogP contribution >= 0.6 is 0 Å². The van der Waals surface area contributed by atoms with Crippen molar-refractivity contribution in [2.75, 3.05) is 6.54 Å². The first kappa shape index (κ1) is 14.4. The summed E-state index contributed by atoms with van der Waals surface area (Å²) in [7, 11) is 0. The van der Waals surface area contributed by atoms with Crippen LogP contribution in [0.15, 0.2) is 35.5 Å². The highest BCUT2D eigenvalue weighted by Gasteiger charge is 2.13. The van der Waals surface area contributed by atoms with Crippen molar-refractivity contribution >= 4 is 5.65 Å². The maximum absolute atomic E-state index is 12.3. The zero-order chi connectivity index (χ0) is 15.5. The first-order valence-electron chi connectivity index (χ1n) is 7.33. The van der Waals surface area contributed by atoms with Gasteiger partial charge >= 0.3 is 0 Å². The van der Waals surface area contributed by atoms with Crippen molar-refractivity contribution in [2.45, 2.75) is 26.3 Å². The van der Waals surface area contributed by atoms with Gasteiger partial charge in [0, 0.05) is 36.8 Å². The van der Waals surface area contributed by atoms with E-state index in [9.17, 15) is 4.79 Å². The van der Waals surface area contributed by atoms with Crippen molar-refractivity contribution in [1.82, 2.24) is 24.1 Å². The minimum atomic E-state index is -0.137. The van der Waals surface area contributed by atoms with Gasteiger partial charge in [-0.2, -0.15) is 9.61 Å². The summed E-state index contributed by atoms with van der Waals surface area (Å²) in [6, 6.07) is 3.51. The van der Waals surface area contributed by atoms with E-state index in [-0.39, 0.29) is 5.56 Å². The number of aromatic nitrogens is 5. The van der Waals surface area contributed by atoms with Gasteiger partial charge in [0.2, 0.25) is 0 Å². The number of hydrogen-bond donors (Lipinski definition) is 1. The van der Waals surface area contributed by atoms with Crippen LogP contribution < -0.4 is 11.3 Å². The van der Waals surface area contributed by atoms with E-state index in [0.717, 1.165) is 30.7 Å². The molecule has 0 aliphatic rings. The fraction of sp³-hybridized carbons (Fsp3) is 0.333. The molecule has 0 unspecified atom stereocenters. The van der Waals surface area contributed by atoms with E-state index < -0.39 is 0 Å². The summed E-state index contributed by atoms with van der Waals surface area (Å²) in [5.74, 6) is 0. The van der Waals surface area contributed by atoms with Gasteiger partial charge in [0.05, 0.1) is 6.20 Å². The lowest BCUT2D eigenvalue weighted by molar-refractivity contribution is 0.669. The minimum absolute atomic E-state index is 0.137. The Hall–Kier alpha value is -2.54. The zero-order valence-corrected chi connectivity index (χ0v) is 12.4. The standard InChI is InChI=1S/C15H18N6O/c1-2-20-11(4-3-5-16)8-15(22)21-14(20)9-12(19-21)13-10-17-6-7-18-13/h6-10H,2-5,16H2,1H3. The lowest BCUT2D eigenvalue weighted by Crippen LogP contribution is -2.21. The van der Waals surface area contributed by atoms with E-state index >= 15 is 0 Å². The average molecular weight is 298 g/mol. The maximum Gasteiger partial charge on any atom is 0.274 e. The normalized spacial score (nSPS) is 11.2. The molecule has 0 atom stereocenters. The van der Waals surface area contributed by atoms with Crippen LogP contribution in [-0.4, -0.2) is 30.7 Å². The second kappa shape index (κ2) is 6.07. The summed E-state index contributed by atoms with van der Waals surface area (Å²) in [6.45, 7) is 3.41. The van der Waals surface area contributed by atoms with E-state index in [1.54, 1.807) is 24.7 Å². The molecule has 0 amide bonds. The van der Waals surface area contributed by atoms with Gasteiger partial charge in [0.15, 0.2) is 0 Å². The Labute approximate surface area is 127 Å². The molecule has 0 saturated heterocycles. The molecule has 0 spiro atoms. The molecule has 2 N–H and O–H groups in total. The highest BCUT2D eigenvalue weighted by Crippen LogP contribution is 2.17. The Kier molecular flexibility index (Phi) is 3.97. The van der Waals surface area contributed by atoms with E-state index in [0.29, 0.717) is 17.9 Å². The highest BCUT2D eigenvalue weighted by atomic mass is 16.1. The van der Waals surface area contributed by atoms with Gasteiger partial charge in [-0.25, -0.2) is 0 Å². The van der Waals surface area contributed by atoms with Crippen molar-refractivity contribution in [2.24, 2.45) is 5.73 Å². The summed E-state index contributed by atoms with van der Waals surface area (Å²) in [5.41, 5.74) is 8.48. The number of fused-ring (bicyclic) bond motifs is 1. The van der Waals surface area contributed by atoms with Crippen molar-refractivity contribution in [3.63, 3.8) is 0 Å². The van der Waals surface area contributed by atoms with Crippen molar-refractivity contribution in [1.29, 1.82) is 0 Å². The van der Waals surface area contributed by atoms with Gasteiger partial charge in [-0.15, -0.1) is 0 Å². The summed E-state index contributed by atoms with van der Waals surface area (Å²) in [4.78, 5) is 20.6. The molecule has 7 heteroatoms. The average Bonchev–Trinajstić information content (AvgIpc) is 2.99. The molecule has 22 heavy (non-hydrogen) atoms. The smallest absolute Gasteiger partial charge is 0.274 e. The Morgan fingerprint density at radius 2 is 2.09 bits per heavy atom. The van der Waals surface area contributed by atoms with Crippen LogP contribution in [0.25, 0.3) is 17.0 Å². The lowest BCUT2D eigenvalue weighted by atomic mass is 10.2. The lowest BCUT2D eigenvalue weighted by Gasteiger charge is -2.12. The van der Waals surface area contributed by atoms with Gasteiger partial charge < -0.3 is 10.3 Å². The van der Waals surface area contributed by atoms with Crippen LogP contribution in [-0.2, 0) is 13.0 Å². The molecule has 0 radical (unpaired) electrons. The van der Waals surface area contributed by atoms with Gasteiger partial charge in [-0.3, -0.25) is 14.8 Å². The number of aryl methyl sites for hydroxylation is 2. The molecule has 0 aliphatic carbocycles. The van der Waals surface area contributed by atoms with Crippen molar-refractivity contribution in [3.8, 4) is 11.4 Å². The number of nitrogens with zero attached hydrogens (tertiary/aromatic N) is 5. The molecule has 0 aliphatic heterocycles. The van der Waals surface area contributed by atoms with Crippen LogP contribution in [0.5, 0.6) is 0 Å². The van der Waals surface area contributed by atoms with Crippen LogP contribution in [0.3, 0.4) is 0 Å². The van der Waals surface area contributed by atoms with E-state index in [1.165, 1.54) is 4.52 Å². The number of nitrogens with two attached hydrogens (primary N) is 1. The first-order valence-corrected chi connectivity index (χ1v) is 7.33. The van der Waals surface area contributed by atoms with E-state index in [4.69, 9.17) is 5.73 Å². The highest BCUT2D eigenvalue weighted by molar-refractivity contribution is 5.60. The zero-order valence-electron chi connectivity index (χ0n) is 12.4. The third-order valence-corrected chi connectivity index (χ3v) is 3.59. The van der Waals surface area contributed by atoms with Crippen LogP contribution in [0.4, 0.5) is 0 Å². The van der Waals surface area contributed by atoms with Gasteiger partial charge in [-0.1, -0.05) is 0 Å². The van der Waals surface area contributed by atoms with E-state index in [2.05, 4.69) is 19.6 Å².